The molecule has 0 bridgehead atoms. The Labute approximate surface area is 183 Å². The molecule has 0 saturated heterocycles. The summed E-state index contributed by atoms with van der Waals surface area (Å²) < 4.78 is 0. The minimum atomic E-state index is 0.427. The Morgan fingerprint density at radius 2 is 1.55 bits per heavy atom. The van der Waals surface area contributed by atoms with Crippen molar-refractivity contribution in [3.8, 4) is 0 Å². The van der Waals surface area contributed by atoms with Gasteiger partial charge in [0.25, 0.3) is 0 Å². The highest BCUT2D eigenvalue weighted by molar-refractivity contribution is 4.75. The van der Waals surface area contributed by atoms with Crippen LogP contribution in [-0.2, 0) is 0 Å². The van der Waals surface area contributed by atoms with Gasteiger partial charge in [-0.1, -0.05) is 59.3 Å². The average Bonchev–Trinajstić information content (AvgIpc) is 2.97. The molecule has 29 heavy (non-hydrogen) atoms. The fourth-order valence-corrected chi connectivity index (χ4v) is 4.70. The van der Waals surface area contributed by atoms with Gasteiger partial charge in [-0.3, -0.25) is 4.90 Å². The van der Waals surface area contributed by atoms with E-state index >= 15 is 0 Å². The topological polar surface area (TPSA) is 30.5 Å². The maximum Gasteiger partial charge on any atom is 0.0607 e. The van der Waals surface area contributed by atoms with Crippen molar-refractivity contribution in [2.24, 2.45) is 11.8 Å². The fourth-order valence-electron chi connectivity index (χ4n) is 4.70. The molecule has 1 fully saturated rings. The summed E-state index contributed by atoms with van der Waals surface area (Å²) >= 11 is 0. The highest BCUT2D eigenvalue weighted by atomic mass is 15.3. The molecular formula is C25H54N4. The van der Waals surface area contributed by atoms with Crippen LogP contribution in [-0.4, -0.2) is 62.4 Å². The van der Waals surface area contributed by atoms with Crippen LogP contribution in [0.4, 0.5) is 0 Å². The number of unbranched alkanes of at least 4 members (excludes halogenated alkanes) is 1. The molecule has 0 aromatic rings. The van der Waals surface area contributed by atoms with E-state index in [1.165, 1.54) is 90.3 Å². The molecule has 0 aromatic carbocycles. The number of hydrogen-bond acceptors (Lipinski definition) is 4. The first-order valence-electron chi connectivity index (χ1n) is 12.9. The lowest BCUT2D eigenvalue weighted by molar-refractivity contribution is 0.118. The van der Waals surface area contributed by atoms with E-state index in [0.717, 1.165) is 18.4 Å². The number of hydrogen-bond donors (Lipinski definition) is 2. The molecule has 4 nitrogen and oxygen atoms in total. The Morgan fingerprint density at radius 1 is 0.862 bits per heavy atom. The summed E-state index contributed by atoms with van der Waals surface area (Å²) in [4.78, 5) is 5.00. The van der Waals surface area contributed by atoms with Crippen molar-refractivity contribution in [2.45, 2.75) is 111 Å². The van der Waals surface area contributed by atoms with Crippen molar-refractivity contribution >= 4 is 0 Å². The Bertz CT molecular complexity index is 376. The molecule has 1 rings (SSSR count). The van der Waals surface area contributed by atoms with E-state index in [2.05, 4.69) is 62.2 Å². The molecule has 1 saturated carbocycles. The van der Waals surface area contributed by atoms with E-state index < -0.39 is 0 Å². The second-order valence-electron chi connectivity index (χ2n) is 9.67. The SMILES string of the molecule is CCCCN(C)CCCNC(CCC)N(C)C(C)NCC1CCCC(CC)CC1. The molecule has 0 spiro atoms. The van der Waals surface area contributed by atoms with Gasteiger partial charge in [-0.05, 0) is 91.1 Å². The average molecular weight is 411 g/mol. The summed E-state index contributed by atoms with van der Waals surface area (Å²) in [6, 6.07) is 0. The van der Waals surface area contributed by atoms with Crippen molar-refractivity contribution < 1.29 is 0 Å². The standard InChI is InChI=1S/C25H54N4/c1-7-10-19-28(5)20-12-18-26-25(13-8-2)29(6)22(4)27-21-24-15-11-14-23(9-3)16-17-24/h22-27H,7-21H2,1-6H3. The van der Waals surface area contributed by atoms with E-state index in [1.54, 1.807) is 0 Å². The maximum atomic E-state index is 3.86. The molecule has 4 unspecified atom stereocenters. The van der Waals surface area contributed by atoms with Crippen molar-refractivity contribution in [3.05, 3.63) is 0 Å². The van der Waals surface area contributed by atoms with Crippen LogP contribution >= 0.6 is 0 Å². The van der Waals surface area contributed by atoms with Crippen molar-refractivity contribution in [1.29, 1.82) is 0 Å². The first kappa shape index (κ1) is 26.9. The summed E-state index contributed by atoms with van der Waals surface area (Å²) in [5.74, 6) is 1.86. The molecule has 1 aliphatic carbocycles. The summed E-state index contributed by atoms with van der Waals surface area (Å²) in [6.45, 7) is 14.0. The van der Waals surface area contributed by atoms with Crippen molar-refractivity contribution in [3.63, 3.8) is 0 Å². The van der Waals surface area contributed by atoms with Crippen LogP contribution < -0.4 is 10.6 Å². The van der Waals surface area contributed by atoms with E-state index in [1.807, 2.05) is 0 Å². The zero-order chi connectivity index (χ0) is 21.5. The van der Waals surface area contributed by atoms with Crippen LogP contribution in [0.5, 0.6) is 0 Å². The predicted molar refractivity (Wildman–Crippen MR) is 129 cm³/mol. The largest absolute Gasteiger partial charge is 0.306 e. The Hall–Kier alpha value is -0.160. The summed E-state index contributed by atoms with van der Waals surface area (Å²) in [6.07, 6.45) is 15.7. The third-order valence-electron chi connectivity index (χ3n) is 7.14. The van der Waals surface area contributed by atoms with Gasteiger partial charge >= 0.3 is 0 Å². The minimum absolute atomic E-state index is 0.427. The minimum Gasteiger partial charge on any atom is -0.306 e. The molecule has 0 heterocycles. The number of nitrogens with zero attached hydrogens (tertiary/aromatic N) is 2. The summed E-state index contributed by atoms with van der Waals surface area (Å²) in [5.41, 5.74) is 0. The van der Waals surface area contributed by atoms with E-state index in [0.29, 0.717) is 12.3 Å². The van der Waals surface area contributed by atoms with Gasteiger partial charge in [-0.25, -0.2) is 0 Å². The van der Waals surface area contributed by atoms with Crippen LogP contribution in [0.1, 0.15) is 98.3 Å². The maximum absolute atomic E-state index is 3.86. The van der Waals surface area contributed by atoms with Crippen LogP contribution in [0.3, 0.4) is 0 Å². The van der Waals surface area contributed by atoms with Gasteiger partial charge in [0.05, 0.1) is 12.3 Å². The van der Waals surface area contributed by atoms with Crippen molar-refractivity contribution in [1.82, 2.24) is 20.4 Å². The van der Waals surface area contributed by atoms with Crippen LogP contribution in [0, 0.1) is 11.8 Å². The second kappa shape index (κ2) is 16.5. The molecule has 0 aliphatic heterocycles. The third-order valence-corrected chi connectivity index (χ3v) is 7.14. The Balaban J connectivity index is 2.32. The highest BCUT2D eigenvalue weighted by Crippen LogP contribution is 2.28. The van der Waals surface area contributed by atoms with Gasteiger partial charge in [-0.15, -0.1) is 0 Å². The lowest BCUT2D eigenvalue weighted by atomic mass is 9.96. The van der Waals surface area contributed by atoms with E-state index in [9.17, 15) is 0 Å². The second-order valence-corrected chi connectivity index (χ2v) is 9.67. The third kappa shape index (κ3) is 11.7. The predicted octanol–water partition coefficient (Wildman–Crippen LogP) is 5.30. The lowest BCUT2D eigenvalue weighted by Crippen LogP contribution is -2.53. The molecule has 0 amide bonds. The van der Waals surface area contributed by atoms with Gasteiger partial charge in [0.2, 0.25) is 0 Å². The molecule has 4 heteroatoms. The zero-order valence-electron chi connectivity index (χ0n) is 20.8. The summed E-state index contributed by atoms with van der Waals surface area (Å²) in [7, 11) is 4.55. The quantitative estimate of drug-likeness (QED) is 0.205. The van der Waals surface area contributed by atoms with Crippen LogP contribution in [0.2, 0.25) is 0 Å². The van der Waals surface area contributed by atoms with Gasteiger partial charge in [0.15, 0.2) is 0 Å². The molecule has 2 N–H and O–H groups in total. The van der Waals surface area contributed by atoms with Gasteiger partial charge in [0, 0.05) is 0 Å². The molecule has 4 atom stereocenters. The molecule has 174 valence electrons. The first-order valence-corrected chi connectivity index (χ1v) is 12.9. The van der Waals surface area contributed by atoms with Crippen molar-refractivity contribution in [2.75, 3.05) is 40.3 Å². The fraction of sp³-hybridized carbons (Fsp3) is 1.00. The summed E-state index contributed by atoms with van der Waals surface area (Å²) in [5, 5.41) is 7.69. The zero-order valence-corrected chi connectivity index (χ0v) is 20.8. The van der Waals surface area contributed by atoms with E-state index in [4.69, 9.17) is 0 Å². The van der Waals surface area contributed by atoms with Crippen LogP contribution in [0.25, 0.3) is 0 Å². The smallest absolute Gasteiger partial charge is 0.0607 e. The van der Waals surface area contributed by atoms with E-state index in [-0.39, 0.29) is 0 Å². The number of rotatable bonds is 16. The molecule has 0 aromatic heterocycles. The molecular weight excluding hydrogens is 356 g/mol. The Kier molecular flexibility index (Phi) is 15.3. The molecule has 1 aliphatic rings. The number of nitrogens with one attached hydrogen (secondary N) is 2. The molecule has 0 radical (unpaired) electrons. The first-order chi connectivity index (χ1) is 14.0. The lowest BCUT2D eigenvalue weighted by Gasteiger charge is -2.35. The Morgan fingerprint density at radius 3 is 2.24 bits per heavy atom. The normalized spacial score (nSPS) is 22.8. The van der Waals surface area contributed by atoms with Gasteiger partial charge in [0.1, 0.15) is 0 Å². The van der Waals surface area contributed by atoms with Crippen LogP contribution in [0.15, 0.2) is 0 Å². The highest BCUT2D eigenvalue weighted by Gasteiger charge is 2.21. The van der Waals surface area contributed by atoms with Gasteiger partial charge < -0.3 is 15.5 Å². The monoisotopic (exact) mass is 410 g/mol. The van der Waals surface area contributed by atoms with Gasteiger partial charge in [-0.2, -0.15) is 0 Å².